The van der Waals surface area contributed by atoms with E-state index in [2.05, 4.69) is 35.3 Å². The second kappa shape index (κ2) is 15.9. The Morgan fingerprint density at radius 3 is 1.53 bits per heavy atom. The molecule has 0 radical (unpaired) electrons. The lowest BCUT2D eigenvalue weighted by Crippen LogP contribution is -2.07. The molecule has 0 spiro atoms. The van der Waals surface area contributed by atoms with Gasteiger partial charge in [0, 0.05) is 28.4 Å². The molecule has 258 valence electrons. The highest BCUT2D eigenvalue weighted by Gasteiger charge is 2.23. The van der Waals surface area contributed by atoms with E-state index < -0.39 is 11.9 Å². The van der Waals surface area contributed by atoms with Crippen molar-refractivity contribution in [2.24, 2.45) is 0 Å². The molecule has 0 unspecified atom stereocenters. The highest BCUT2D eigenvalue weighted by atomic mass is 16.4. The summed E-state index contributed by atoms with van der Waals surface area (Å²) in [6, 6.07) is 18.5. The van der Waals surface area contributed by atoms with Crippen molar-refractivity contribution in [3.8, 4) is 0 Å². The fourth-order valence-corrected chi connectivity index (χ4v) is 6.94. The smallest absolute Gasteiger partial charge is 0.335 e. The molecule has 0 bridgehead atoms. The highest BCUT2D eigenvalue weighted by molar-refractivity contribution is 5.97. The Kier molecular flexibility index (Phi) is 11.5. The Balaban J connectivity index is 0.000000146. The zero-order valence-electron chi connectivity index (χ0n) is 28.7. The van der Waals surface area contributed by atoms with Crippen molar-refractivity contribution in [2.45, 2.75) is 103 Å². The molecule has 0 amide bonds. The molecule has 2 aliphatic rings. The van der Waals surface area contributed by atoms with Crippen LogP contribution in [0.25, 0.3) is 21.8 Å². The second-order valence-electron chi connectivity index (χ2n) is 12.8. The van der Waals surface area contributed by atoms with E-state index in [0.29, 0.717) is 29.6 Å². The van der Waals surface area contributed by atoms with E-state index in [1.807, 2.05) is 12.1 Å². The molecule has 3 aromatic carbocycles. The molecular weight excluding hydrogens is 618 g/mol. The molecule has 10 nitrogen and oxygen atoms in total. The first-order chi connectivity index (χ1) is 23.6. The number of nitrogens with zero attached hydrogens (tertiary/aromatic N) is 4. The molecule has 2 aromatic heterocycles. The normalized spacial score (nSPS) is 14.8. The molecule has 2 saturated carbocycles. The zero-order valence-corrected chi connectivity index (χ0v) is 28.7. The molecule has 4 N–H and O–H groups in total. The van der Waals surface area contributed by atoms with E-state index in [4.69, 9.17) is 26.1 Å². The minimum absolute atomic E-state index is 0.0249. The van der Waals surface area contributed by atoms with Gasteiger partial charge in [-0.25, -0.2) is 9.59 Å². The highest BCUT2D eigenvalue weighted by Crippen LogP contribution is 2.34. The number of Topliss-reactive ketones (excluding diaryl/α,β-unsaturated/α-hetero) is 1. The number of carboxylic acid groups (broad SMARTS) is 2. The number of nitrogens with two attached hydrogens (primary N) is 1. The summed E-state index contributed by atoms with van der Waals surface area (Å²) < 4.78 is 4.28. The Morgan fingerprint density at radius 2 is 1.08 bits per heavy atom. The number of benzene rings is 3. The van der Waals surface area contributed by atoms with Crippen LogP contribution in [0.5, 0.6) is 0 Å². The number of aromatic nitrogens is 4. The van der Waals surface area contributed by atoms with E-state index in [9.17, 15) is 14.4 Å². The summed E-state index contributed by atoms with van der Waals surface area (Å²) in [7, 11) is 0. The summed E-state index contributed by atoms with van der Waals surface area (Å²) in [6.07, 6.45) is 12.3. The number of hydrogen-bond donors (Lipinski definition) is 3. The molecule has 0 atom stereocenters. The predicted octanol–water partition coefficient (Wildman–Crippen LogP) is 8.69. The van der Waals surface area contributed by atoms with Crippen LogP contribution in [0.1, 0.15) is 133 Å². The minimum atomic E-state index is -0.976. The fraction of sp³-hybridized carbons (Fsp3) is 0.410. The van der Waals surface area contributed by atoms with Gasteiger partial charge in [-0.1, -0.05) is 64.7 Å². The summed E-state index contributed by atoms with van der Waals surface area (Å²) in [5.74, 6) is -1.83. The number of hydrogen-bond acceptors (Lipinski definition) is 6. The summed E-state index contributed by atoms with van der Waals surface area (Å²) in [5.41, 5.74) is 12.3. The van der Waals surface area contributed by atoms with E-state index in [1.54, 1.807) is 19.1 Å². The van der Waals surface area contributed by atoms with E-state index in [-0.39, 0.29) is 11.3 Å². The van der Waals surface area contributed by atoms with Crippen molar-refractivity contribution in [3.05, 3.63) is 88.7 Å². The van der Waals surface area contributed by atoms with Crippen LogP contribution >= 0.6 is 0 Å². The average Bonchev–Trinajstić information content (AvgIpc) is 3.94. The Labute approximate surface area is 286 Å². The number of carbonyl (C=O) groups excluding carboxylic acids is 1. The van der Waals surface area contributed by atoms with Gasteiger partial charge >= 0.3 is 11.9 Å². The van der Waals surface area contributed by atoms with Gasteiger partial charge in [-0.3, -0.25) is 14.2 Å². The van der Waals surface area contributed by atoms with Crippen LogP contribution in [-0.4, -0.2) is 47.5 Å². The van der Waals surface area contributed by atoms with Gasteiger partial charge in [0.05, 0.1) is 45.6 Å². The third kappa shape index (κ3) is 8.01. The first kappa shape index (κ1) is 35.3. The van der Waals surface area contributed by atoms with Crippen LogP contribution in [0.15, 0.2) is 60.7 Å². The topological polar surface area (TPSA) is 153 Å². The number of aryl methyl sites for hydroxylation is 2. The summed E-state index contributed by atoms with van der Waals surface area (Å²) in [6.45, 7) is 6.02. The van der Waals surface area contributed by atoms with Crippen LogP contribution in [0.4, 0.5) is 5.69 Å². The van der Waals surface area contributed by atoms with Gasteiger partial charge in [0.15, 0.2) is 5.78 Å². The summed E-state index contributed by atoms with van der Waals surface area (Å²) in [5, 5.41) is 29.6. The van der Waals surface area contributed by atoms with Crippen LogP contribution in [0.3, 0.4) is 0 Å². The molecule has 2 fully saturated rings. The van der Waals surface area contributed by atoms with Crippen molar-refractivity contribution >= 4 is 45.2 Å². The van der Waals surface area contributed by atoms with E-state index >= 15 is 0 Å². The molecule has 7 rings (SSSR count). The lowest BCUT2D eigenvalue weighted by atomic mass is 10.1. The number of ketones is 1. The van der Waals surface area contributed by atoms with Gasteiger partial charge in [0.2, 0.25) is 0 Å². The maximum absolute atomic E-state index is 11.1. The van der Waals surface area contributed by atoms with E-state index in [0.717, 1.165) is 48.0 Å². The Morgan fingerprint density at radius 1 is 0.653 bits per heavy atom. The molecule has 49 heavy (non-hydrogen) atoms. The number of aromatic carboxylic acids is 2. The van der Waals surface area contributed by atoms with Crippen molar-refractivity contribution in [1.29, 1.82) is 0 Å². The lowest BCUT2D eigenvalue weighted by Gasteiger charge is -2.11. The van der Waals surface area contributed by atoms with Gasteiger partial charge in [0.1, 0.15) is 0 Å². The van der Waals surface area contributed by atoms with Gasteiger partial charge in [-0.15, -0.1) is 0 Å². The first-order valence-electron chi connectivity index (χ1n) is 17.5. The van der Waals surface area contributed by atoms with Crippen molar-refractivity contribution in [3.63, 3.8) is 0 Å². The van der Waals surface area contributed by atoms with Gasteiger partial charge in [0.25, 0.3) is 0 Å². The van der Waals surface area contributed by atoms with Crippen LogP contribution in [0.2, 0.25) is 0 Å². The van der Waals surface area contributed by atoms with Crippen molar-refractivity contribution in [2.75, 3.05) is 5.73 Å². The van der Waals surface area contributed by atoms with Crippen molar-refractivity contribution in [1.82, 2.24) is 19.6 Å². The van der Waals surface area contributed by atoms with Gasteiger partial charge < -0.3 is 15.9 Å². The van der Waals surface area contributed by atoms with Crippen LogP contribution < -0.4 is 5.73 Å². The maximum atomic E-state index is 11.1. The quantitative estimate of drug-likeness (QED) is 0.110. The Bertz CT molecular complexity index is 1930. The second-order valence-corrected chi connectivity index (χ2v) is 12.8. The zero-order chi connectivity index (χ0) is 35.1. The standard InChI is InChI=1S/C15H18N2O2.C14H19N3.C10H10O3/c1-2-13-12-8-7-10(15(18)19)9-14(12)17(16-13)11-5-3-4-6-11;1-2-13-12-8-7-10(15)9-14(12)17(16-13)11-5-3-4-6-11;1-2-9(11)7-3-5-8(6-4-7)10(12)13/h7-9,11H,2-6H2,1H3,(H,18,19);7-9,11H,2-6,15H2,1H3;3-6H,2H2,1H3,(H,12,13). The van der Waals surface area contributed by atoms with Crippen LogP contribution in [-0.2, 0) is 12.8 Å². The monoisotopic (exact) mass is 665 g/mol. The third-order valence-corrected chi connectivity index (χ3v) is 9.62. The number of nitrogen functional groups attached to an aromatic ring is 1. The fourth-order valence-electron chi connectivity index (χ4n) is 6.94. The summed E-state index contributed by atoms with van der Waals surface area (Å²) in [4.78, 5) is 32.7. The molecule has 10 heteroatoms. The number of rotatable bonds is 8. The third-order valence-electron chi connectivity index (χ3n) is 9.62. The molecule has 2 aliphatic carbocycles. The first-order valence-corrected chi connectivity index (χ1v) is 17.5. The lowest BCUT2D eigenvalue weighted by molar-refractivity contribution is 0.0686. The molecule has 5 aromatic rings. The molecular formula is C39H47N5O5. The largest absolute Gasteiger partial charge is 0.478 e. The van der Waals surface area contributed by atoms with E-state index in [1.165, 1.54) is 79.4 Å². The minimum Gasteiger partial charge on any atom is -0.478 e. The van der Waals surface area contributed by atoms with Crippen LogP contribution in [0, 0.1) is 0 Å². The average molecular weight is 666 g/mol. The molecule has 2 heterocycles. The maximum Gasteiger partial charge on any atom is 0.335 e. The predicted molar refractivity (Wildman–Crippen MR) is 193 cm³/mol. The van der Waals surface area contributed by atoms with Gasteiger partial charge in [-0.05, 0) is 81.0 Å². The van der Waals surface area contributed by atoms with Crippen molar-refractivity contribution < 1.29 is 24.6 Å². The molecule has 0 aliphatic heterocycles. The SMILES string of the molecule is CCC(=O)c1ccc(C(=O)O)cc1.CCc1nn(C2CCCC2)c2cc(C(=O)O)ccc12.CCc1nn(C2CCCC2)c2cc(N)ccc12. The molecule has 0 saturated heterocycles. The Hall–Kier alpha value is -4.99. The number of carbonyl (C=O) groups is 3. The number of anilines is 1. The number of carboxylic acids is 2. The van der Waals surface area contributed by atoms with Gasteiger partial charge in [-0.2, -0.15) is 10.2 Å². The summed E-state index contributed by atoms with van der Waals surface area (Å²) >= 11 is 0. The number of fused-ring (bicyclic) bond motifs is 2.